The fourth-order valence-electron chi connectivity index (χ4n) is 3.68. The lowest BCUT2D eigenvalue weighted by atomic mass is 9.91. The molecule has 19 heavy (non-hydrogen) atoms. The maximum atomic E-state index is 11.8. The number of hydrogen-bond acceptors (Lipinski definition) is 2. The number of fused-ring (bicyclic) bond motifs is 2. The van der Waals surface area contributed by atoms with Crippen LogP contribution in [0.2, 0.25) is 0 Å². The second-order valence-electron chi connectivity index (χ2n) is 5.84. The van der Waals surface area contributed by atoms with E-state index in [9.17, 15) is 4.79 Å². The number of rotatable bonds is 2. The van der Waals surface area contributed by atoms with Crippen molar-refractivity contribution in [3.8, 4) is 0 Å². The molecule has 1 amide bonds. The van der Waals surface area contributed by atoms with Gasteiger partial charge in [-0.2, -0.15) is 0 Å². The van der Waals surface area contributed by atoms with E-state index in [1.54, 1.807) is 6.92 Å². The van der Waals surface area contributed by atoms with Crippen LogP contribution in [-0.4, -0.2) is 40.9 Å². The molecule has 3 heteroatoms. The molecule has 0 aromatic heterocycles. The van der Waals surface area contributed by atoms with Crippen molar-refractivity contribution in [2.24, 2.45) is 0 Å². The summed E-state index contributed by atoms with van der Waals surface area (Å²) in [6, 6.07) is 11.5. The topological polar surface area (TPSA) is 23.6 Å². The molecule has 0 saturated carbocycles. The van der Waals surface area contributed by atoms with Crippen LogP contribution in [0.3, 0.4) is 0 Å². The van der Waals surface area contributed by atoms with E-state index >= 15 is 0 Å². The largest absolute Gasteiger partial charge is 0.334 e. The molecule has 0 aliphatic carbocycles. The smallest absolute Gasteiger partial charge is 0.220 e. The van der Waals surface area contributed by atoms with Crippen LogP contribution in [0.5, 0.6) is 0 Å². The lowest BCUT2D eigenvalue weighted by Gasteiger charge is -2.50. The minimum Gasteiger partial charge on any atom is -0.334 e. The van der Waals surface area contributed by atoms with E-state index in [4.69, 9.17) is 0 Å². The molecule has 0 radical (unpaired) electrons. The number of carbonyl (C=O) groups excluding carboxylic acids is 1. The number of piperazine rings is 1. The Hall–Kier alpha value is -1.35. The monoisotopic (exact) mass is 258 g/mol. The zero-order chi connectivity index (χ0) is 13.2. The number of nitrogens with zero attached hydrogens (tertiary/aromatic N) is 2. The van der Waals surface area contributed by atoms with Crippen molar-refractivity contribution in [1.82, 2.24) is 9.80 Å². The van der Waals surface area contributed by atoms with Gasteiger partial charge in [-0.25, -0.2) is 0 Å². The van der Waals surface area contributed by atoms with E-state index in [2.05, 4.69) is 40.1 Å². The summed E-state index contributed by atoms with van der Waals surface area (Å²) in [5, 5.41) is 0. The van der Waals surface area contributed by atoms with Gasteiger partial charge in [-0.15, -0.1) is 0 Å². The van der Waals surface area contributed by atoms with Gasteiger partial charge in [0.2, 0.25) is 5.91 Å². The van der Waals surface area contributed by atoms with Crippen molar-refractivity contribution in [2.75, 3.05) is 13.1 Å². The van der Waals surface area contributed by atoms with E-state index in [-0.39, 0.29) is 5.91 Å². The molecule has 0 spiro atoms. The van der Waals surface area contributed by atoms with Crippen LogP contribution in [0.4, 0.5) is 0 Å². The summed E-state index contributed by atoms with van der Waals surface area (Å²) < 4.78 is 0. The molecule has 3 rings (SSSR count). The lowest BCUT2D eigenvalue weighted by Crippen LogP contribution is -2.61. The minimum atomic E-state index is 0.258. The number of piperidine rings is 1. The molecule has 2 atom stereocenters. The summed E-state index contributed by atoms with van der Waals surface area (Å²) in [5.41, 5.74) is 1.37. The van der Waals surface area contributed by atoms with E-state index in [0.717, 1.165) is 19.6 Å². The average Bonchev–Trinajstić information content (AvgIpc) is 2.38. The Morgan fingerprint density at radius 2 is 1.79 bits per heavy atom. The number of carbonyl (C=O) groups is 1. The van der Waals surface area contributed by atoms with Crippen LogP contribution in [0, 0.1) is 0 Å². The zero-order valence-corrected chi connectivity index (χ0v) is 11.6. The van der Waals surface area contributed by atoms with Gasteiger partial charge in [0, 0.05) is 38.6 Å². The first-order valence-electron chi connectivity index (χ1n) is 7.29. The van der Waals surface area contributed by atoms with Gasteiger partial charge in [0.1, 0.15) is 0 Å². The lowest BCUT2D eigenvalue weighted by molar-refractivity contribution is -0.140. The molecule has 2 bridgehead atoms. The standard InChI is InChI=1S/C16H22N2O/c1-13(19)18-15-8-5-9-16(18)12-17(11-15)10-14-6-3-2-4-7-14/h2-4,6-7,15-16H,5,8-12H2,1H3. The number of hydrogen-bond donors (Lipinski definition) is 0. The third kappa shape index (κ3) is 2.66. The third-order valence-corrected chi connectivity index (χ3v) is 4.41. The Labute approximate surface area is 115 Å². The van der Waals surface area contributed by atoms with Crippen molar-refractivity contribution in [1.29, 1.82) is 0 Å². The summed E-state index contributed by atoms with van der Waals surface area (Å²) >= 11 is 0. The van der Waals surface area contributed by atoms with E-state index in [0.29, 0.717) is 12.1 Å². The highest BCUT2D eigenvalue weighted by molar-refractivity contribution is 5.74. The highest BCUT2D eigenvalue weighted by atomic mass is 16.2. The second-order valence-corrected chi connectivity index (χ2v) is 5.84. The summed E-state index contributed by atoms with van der Waals surface area (Å²) in [6.45, 7) is 4.80. The first-order valence-corrected chi connectivity index (χ1v) is 7.29. The highest BCUT2D eigenvalue weighted by Crippen LogP contribution is 2.29. The molecule has 2 fully saturated rings. The number of amides is 1. The van der Waals surface area contributed by atoms with Gasteiger partial charge in [0.15, 0.2) is 0 Å². The molecule has 2 saturated heterocycles. The molecular formula is C16H22N2O. The molecule has 1 aromatic carbocycles. The molecule has 3 nitrogen and oxygen atoms in total. The van der Waals surface area contributed by atoms with Gasteiger partial charge in [0.25, 0.3) is 0 Å². The van der Waals surface area contributed by atoms with Crippen LogP contribution in [0.15, 0.2) is 30.3 Å². The van der Waals surface area contributed by atoms with Crippen LogP contribution in [0.1, 0.15) is 31.7 Å². The molecule has 0 N–H and O–H groups in total. The van der Waals surface area contributed by atoms with Crippen molar-refractivity contribution in [3.05, 3.63) is 35.9 Å². The number of benzene rings is 1. The first-order chi connectivity index (χ1) is 9.24. The normalized spacial score (nSPS) is 27.3. The van der Waals surface area contributed by atoms with Crippen LogP contribution in [0.25, 0.3) is 0 Å². The van der Waals surface area contributed by atoms with Crippen molar-refractivity contribution in [2.45, 2.75) is 44.8 Å². The van der Waals surface area contributed by atoms with Gasteiger partial charge in [0.05, 0.1) is 0 Å². The molecule has 2 heterocycles. The summed E-state index contributed by atoms with van der Waals surface area (Å²) in [5.74, 6) is 0.258. The Morgan fingerprint density at radius 1 is 1.16 bits per heavy atom. The SMILES string of the molecule is CC(=O)N1C2CCCC1CN(Cc1ccccc1)C2. The van der Waals surface area contributed by atoms with E-state index in [1.807, 2.05) is 0 Å². The Morgan fingerprint density at radius 3 is 2.37 bits per heavy atom. The molecular weight excluding hydrogens is 236 g/mol. The maximum Gasteiger partial charge on any atom is 0.220 e. The molecule has 2 aliphatic heterocycles. The maximum absolute atomic E-state index is 11.8. The number of likely N-dealkylation sites (tertiary alicyclic amines) is 1. The van der Waals surface area contributed by atoms with Gasteiger partial charge in [-0.1, -0.05) is 30.3 Å². The Balaban J connectivity index is 1.69. The zero-order valence-electron chi connectivity index (χ0n) is 11.6. The molecule has 2 aliphatic rings. The van der Waals surface area contributed by atoms with Crippen LogP contribution >= 0.6 is 0 Å². The summed E-state index contributed by atoms with van der Waals surface area (Å²) in [4.78, 5) is 16.4. The summed E-state index contributed by atoms with van der Waals surface area (Å²) in [7, 11) is 0. The fourth-order valence-corrected chi connectivity index (χ4v) is 3.68. The minimum absolute atomic E-state index is 0.258. The van der Waals surface area contributed by atoms with Crippen LogP contribution < -0.4 is 0 Å². The Kier molecular flexibility index (Phi) is 3.56. The van der Waals surface area contributed by atoms with Gasteiger partial charge < -0.3 is 4.90 Å². The molecule has 1 aromatic rings. The quantitative estimate of drug-likeness (QED) is 0.812. The van der Waals surface area contributed by atoms with E-state index in [1.165, 1.54) is 24.8 Å². The van der Waals surface area contributed by atoms with Crippen molar-refractivity contribution >= 4 is 5.91 Å². The third-order valence-electron chi connectivity index (χ3n) is 4.41. The van der Waals surface area contributed by atoms with Crippen molar-refractivity contribution in [3.63, 3.8) is 0 Å². The van der Waals surface area contributed by atoms with Gasteiger partial charge in [-0.05, 0) is 24.8 Å². The molecule has 102 valence electrons. The van der Waals surface area contributed by atoms with Gasteiger partial charge >= 0.3 is 0 Å². The first kappa shape index (κ1) is 12.7. The predicted molar refractivity (Wildman–Crippen MR) is 75.7 cm³/mol. The summed E-state index contributed by atoms with van der Waals surface area (Å²) in [6.07, 6.45) is 3.61. The fraction of sp³-hybridized carbons (Fsp3) is 0.562. The highest BCUT2D eigenvalue weighted by Gasteiger charge is 2.38. The predicted octanol–water partition coefficient (Wildman–Crippen LogP) is 2.27. The van der Waals surface area contributed by atoms with Crippen molar-refractivity contribution < 1.29 is 4.79 Å². The van der Waals surface area contributed by atoms with Crippen LogP contribution in [-0.2, 0) is 11.3 Å². The van der Waals surface area contributed by atoms with Gasteiger partial charge in [-0.3, -0.25) is 9.69 Å². The molecule has 2 unspecified atom stereocenters. The Bertz CT molecular complexity index is 431. The van der Waals surface area contributed by atoms with E-state index < -0.39 is 0 Å². The second kappa shape index (κ2) is 5.33. The average molecular weight is 258 g/mol.